The van der Waals surface area contributed by atoms with E-state index in [0.717, 1.165) is 52.8 Å². The molecular weight excluding hydrogens is 343 g/mol. The minimum absolute atomic E-state index is 0.220. The van der Waals surface area contributed by atoms with Crippen LogP contribution in [0.4, 0.5) is 10.1 Å². The Morgan fingerprint density at radius 3 is 2.81 bits per heavy atom. The average molecular weight is 360 g/mol. The minimum Gasteiger partial charge on any atom is -0.361 e. The molecule has 0 saturated carbocycles. The van der Waals surface area contributed by atoms with Crippen molar-refractivity contribution in [2.24, 2.45) is 0 Å². The fourth-order valence-corrected chi connectivity index (χ4v) is 3.79. The van der Waals surface area contributed by atoms with Crippen molar-refractivity contribution in [1.29, 1.82) is 0 Å². The summed E-state index contributed by atoms with van der Waals surface area (Å²) in [4.78, 5) is 16.1. The zero-order valence-electron chi connectivity index (χ0n) is 14.5. The molecule has 5 rings (SSSR count). The van der Waals surface area contributed by atoms with Crippen LogP contribution in [0.2, 0.25) is 0 Å². The van der Waals surface area contributed by atoms with Crippen molar-refractivity contribution in [1.82, 2.24) is 14.8 Å². The Morgan fingerprint density at radius 1 is 1.11 bits per heavy atom. The predicted octanol–water partition coefficient (Wildman–Crippen LogP) is 4.23. The summed E-state index contributed by atoms with van der Waals surface area (Å²) >= 11 is 0. The maximum atomic E-state index is 13.3. The number of aromatic amines is 1. The SMILES string of the molecule is O=C(Nc1cccc2[nH]ccc12)c1nn(-c2ccc(F)cc2)c2c1CCC2. The number of carbonyl (C=O) groups excluding carboxylic acids is 1. The third-order valence-electron chi connectivity index (χ3n) is 5.06. The molecule has 0 unspecified atom stereocenters. The lowest BCUT2D eigenvalue weighted by Gasteiger charge is -2.06. The zero-order chi connectivity index (χ0) is 18.4. The molecule has 27 heavy (non-hydrogen) atoms. The summed E-state index contributed by atoms with van der Waals surface area (Å²) < 4.78 is 15.0. The Bertz CT molecular complexity index is 1160. The van der Waals surface area contributed by atoms with Gasteiger partial charge < -0.3 is 10.3 Å². The van der Waals surface area contributed by atoms with Crippen molar-refractivity contribution in [3.05, 3.63) is 77.5 Å². The van der Waals surface area contributed by atoms with Gasteiger partial charge in [-0.25, -0.2) is 9.07 Å². The number of rotatable bonds is 3. The molecule has 0 spiro atoms. The molecular formula is C21H17FN4O. The van der Waals surface area contributed by atoms with Crippen molar-refractivity contribution < 1.29 is 9.18 Å². The van der Waals surface area contributed by atoms with Gasteiger partial charge in [-0.15, -0.1) is 0 Å². The largest absolute Gasteiger partial charge is 0.361 e. The highest BCUT2D eigenvalue weighted by Crippen LogP contribution is 2.29. The van der Waals surface area contributed by atoms with Crippen molar-refractivity contribution in [3.8, 4) is 5.69 Å². The van der Waals surface area contributed by atoms with Gasteiger partial charge in [0.2, 0.25) is 0 Å². The number of anilines is 1. The summed E-state index contributed by atoms with van der Waals surface area (Å²) in [6.07, 6.45) is 4.53. The zero-order valence-corrected chi connectivity index (χ0v) is 14.5. The average Bonchev–Trinajstić information content (AvgIpc) is 3.39. The number of fused-ring (bicyclic) bond motifs is 2. The van der Waals surface area contributed by atoms with Gasteiger partial charge in [-0.1, -0.05) is 6.07 Å². The van der Waals surface area contributed by atoms with Gasteiger partial charge in [0.05, 0.1) is 11.4 Å². The number of hydrogen-bond donors (Lipinski definition) is 2. The van der Waals surface area contributed by atoms with Crippen LogP contribution >= 0.6 is 0 Å². The molecule has 1 aliphatic rings. The van der Waals surface area contributed by atoms with Crippen LogP contribution in [0.15, 0.2) is 54.7 Å². The van der Waals surface area contributed by atoms with Crippen LogP contribution in [0, 0.1) is 5.82 Å². The summed E-state index contributed by atoms with van der Waals surface area (Å²) in [5, 5.41) is 8.52. The van der Waals surface area contributed by atoms with E-state index in [0.29, 0.717) is 5.69 Å². The second-order valence-corrected chi connectivity index (χ2v) is 6.71. The Labute approximate surface area is 154 Å². The molecule has 4 aromatic rings. The van der Waals surface area contributed by atoms with E-state index >= 15 is 0 Å². The third-order valence-corrected chi connectivity index (χ3v) is 5.06. The van der Waals surface area contributed by atoms with Gasteiger partial charge in [0.25, 0.3) is 5.91 Å². The van der Waals surface area contributed by atoms with Crippen LogP contribution in [-0.2, 0) is 12.8 Å². The molecule has 0 radical (unpaired) electrons. The van der Waals surface area contributed by atoms with Crippen LogP contribution < -0.4 is 5.32 Å². The van der Waals surface area contributed by atoms with Gasteiger partial charge in [-0.2, -0.15) is 5.10 Å². The highest BCUT2D eigenvalue weighted by atomic mass is 19.1. The van der Waals surface area contributed by atoms with Crippen molar-refractivity contribution in [3.63, 3.8) is 0 Å². The fourth-order valence-electron chi connectivity index (χ4n) is 3.79. The third kappa shape index (κ3) is 2.61. The van der Waals surface area contributed by atoms with Gasteiger partial charge in [0, 0.05) is 28.4 Å². The summed E-state index contributed by atoms with van der Waals surface area (Å²) in [6, 6.07) is 13.9. The maximum Gasteiger partial charge on any atom is 0.276 e. The van der Waals surface area contributed by atoms with Gasteiger partial charge in [0.1, 0.15) is 5.82 Å². The maximum absolute atomic E-state index is 13.3. The molecule has 1 amide bonds. The van der Waals surface area contributed by atoms with Crippen LogP contribution in [0.25, 0.3) is 16.6 Å². The molecule has 2 heterocycles. The molecule has 2 aromatic heterocycles. The van der Waals surface area contributed by atoms with E-state index < -0.39 is 0 Å². The molecule has 2 aromatic carbocycles. The van der Waals surface area contributed by atoms with Gasteiger partial charge in [-0.05, 0) is 61.7 Å². The van der Waals surface area contributed by atoms with E-state index in [1.807, 2.05) is 30.5 Å². The number of carbonyl (C=O) groups is 1. The van der Waals surface area contributed by atoms with Crippen molar-refractivity contribution in [2.75, 3.05) is 5.32 Å². The van der Waals surface area contributed by atoms with E-state index in [9.17, 15) is 9.18 Å². The second-order valence-electron chi connectivity index (χ2n) is 6.71. The molecule has 0 saturated heterocycles. The first-order valence-electron chi connectivity index (χ1n) is 8.95. The molecule has 0 fully saturated rings. The first-order valence-corrected chi connectivity index (χ1v) is 8.95. The van der Waals surface area contributed by atoms with Crippen LogP contribution in [-0.4, -0.2) is 20.7 Å². The Morgan fingerprint density at radius 2 is 1.96 bits per heavy atom. The van der Waals surface area contributed by atoms with E-state index in [-0.39, 0.29) is 11.7 Å². The number of nitrogens with one attached hydrogen (secondary N) is 2. The molecule has 2 N–H and O–H groups in total. The lowest BCUT2D eigenvalue weighted by Crippen LogP contribution is -2.15. The summed E-state index contributed by atoms with van der Waals surface area (Å²) in [5.41, 5.74) is 4.95. The monoisotopic (exact) mass is 360 g/mol. The highest BCUT2D eigenvalue weighted by Gasteiger charge is 2.27. The van der Waals surface area contributed by atoms with Crippen LogP contribution in [0.3, 0.4) is 0 Å². The van der Waals surface area contributed by atoms with E-state index in [1.54, 1.807) is 16.8 Å². The summed E-state index contributed by atoms with van der Waals surface area (Å²) in [7, 11) is 0. The van der Waals surface area contributed by atoms with E-state index in [1.165, 1.54) is 12.1 Å². The molecule has 6 heteroatoms. The first-order chi connectivity index (χ1) is 13.2. The molecule has 0 bridgehead atoms. The highest BCUT2D eigenvalue weighted by molar-refractivity contribution is 6.08. The van der Waals surface area contributed by atoms with Crippen LogP contribution in [0.1, 0.15) is 28.2 Å². The van der Waals surface area contributed by atoms with Crippen molar-refractivity contribution >= 4 is 22.5 Å². The van der Waals surface area contributed by atoms with Crippen LogP contribution in [0.5, 0.6) is 0 Å². The van der Waals surface area contributed by atoms with E-state index in [4.69, 9.17) is 0 Å². The predicted molar refractivity (Wildman–Crippen MR) is 102 cm³/mol. The van der Waals surface area contributed by atoms with Gasteiger partial charge >= 0.3 is 0 Å². The standard InChI is InChI=1S/C21H17FN4O/c22-13-7-9-14(10-8-13)26-19-6-1-3-16(19)20(25-26)21(27)24-18-5-2-4-17-15(18)11-12-23-17/h2,4-5,7-12,23H,1,3,6H2,(H,24,27). The molecule has 1 aliphatic carbocycles. The molecule has 134 valence electrons. The number of benzene rings is 2. The smallest absolute Gasteiger partial charge is 0.276 e. The molecule has 5 nitrogen and oxygen atoms in total. The Kier molecular flexibility index (Phi) is 3.57. The summed E-state index contributed by atoms with van der Waals surface area (Å²) in [5.74, 6) is -0.511. The number of hydrogen-bond acceptors (Lipinski definition) is 2. The molecule has 0 aliphatic heterocycles. The van der Waals surface area contributed by atoms with Crippen molar-refractivity contribution in [2.45, 2.75) is 19.3 Å². The Hall–Kier alpha value is -3.41. The number of H-pyrrole nitrogens is 1. The Balaban J connectivity index is 1.53. The normalized spacial score (nSPS) is 13.1. The number of aromatic nitrogens is 3. The topological polar surface area (TPSA) is 62.7 Å². The lowest BCUT2D eigenvalue weighted by molar-refractivity contribution is 0.102. The molecule has 0 atom stereocenters. The summed E-state index contributed by atoms with van der Waals surface area (Å²) in [6.45, 7) is 0. The number of halogens is 1. The lowest BCUT2D eigenvalue weighted by atomic mass is 10.1. The quantitative estimate of drug-likeness (QED) is 0.574. The second kappa shape index (κ2) is 6.09. The van der Waals surface area contributed by atoms with Gasteiger partial charge in [0.15, 0.2) is 5.69 Å². The van der Waals surface area contributed by atoms with E-state index in [2.05, 4.69) is 15.4 Å². The number of nitrogens with zero attached hydrogens (tertiary/aromatic N) is 2. The minimum atomic E-state index is -0.292. The fraction of sp³-hybridized carbons (Fsp3) is 0.143. The first kappa shape index (κ1) is 15.8. The van der Waals surface area contributed by atoms with Gasteiger partial charge in [-0.3, -0.25) is 4.79 Å². The number of amides is 1.